The lowest BCUT2D eigenvalue weighted by Crippen LogP contribution is -2.43. The average molecular weight is 434 g/mol. The largest absolute Gasteiger partial charge is 0.481 e. The molecular weight excluding hydrogens is 406 g/mol. The summed E-state index contributed by atoms with van der Waals surface area (Å²) in [5, 5.41) is 11.2. The summed E-state index contributed by atoms with van der Waals surface area (Å²) in [5.74, 6) is -0.866. The van der Waals surface area contributed by atoms with Crippen LogP contribution in [0.2, 0.25) is 0 Å². The van der Waals surface area contributed by atoms with Gasteiger partial charge in [0.1, 0.15) is 0 Å². The van der Waals surface area contributed by atoms with Gasteiger partial charge in [0.2, 0.25) is 0 Å². The second-order valence-corrected chi connectivity index (χ2v) is 8.88. The minimum Gasteiger partial charge on any atom is -0.481 e. The van der Waals surface area contributed by atoms with Crippen LogP contribution in [-0.4, -0.2) is 38.0 Å². The molecule has 5 rings (SSSR count). The molecule has 32 heavy (non-hydrogen) atoms. The van der Waals surface area contributed by atoms with E-state index >= 15 is 0 Å². The number of carbonyl (C=O) groups is 1. The molecule has 0 amide bonds. The Labute approximate surface area is 185 Å². The van der Waals surface area contributed by atoms with Gasteiger partial charge in [-0.1, -0.05) is 24.3 Å². The van der Waals surface area contributed by atoms with Crippen molar-refractivity contribution in [3.05, 3.63) is 70.3 Å². The topological polar surface area (TPSA) is 78.4 Å². The van der Waals surface area contributed by atoms with Crippen LogP contribution in [0, 0.1) is 12.3 Å². The van der Waals surface area contributed by atoms with E-state index in [-0.39, 0.29) is 12.2 Å². The van der Waals surface area contributed by atoms with E-state index in [1.807, 2.05) is 37.4 Å². The molecule has 1 saturated heterocycles. The lowest BCUT2D eigenvalue weighted by atomic mass is 9.80. The summed E-state index contributed by atoms with van der Waals surface area (Å²) in [6.07, 6.45) is 2.88. The lowest BCUT2D eigenvalue weighted by Gasteiger charge is -2.33. The number of aromatic nitrogens is 3. The highest BCUT2D eigenvalue weighted by molar-refractivity contribution is 5.87. The first kappa shape index (κ1) is 20.6. The highest BCUT2D eigenvalue weighted by atomic mass is 16.5. The Morgan fingerprint density at radius 1 is 1.03 bits per heavy atom. The maximum atomic E-state index is 13.7. The van der Waals surface area contributed by atoms with Gasteiger partial charge in [0.15, 0.2) is 0 Å². The van der Waals surface area contributed by atoms with E-state index in [2.05, 4.69) is 29.8 Å². The van der Waals surface area contributed by atoms with Gasteiger partial charge in [0.25, 0.3) is 0 Å². The monoisotopic (exact) mass is 433 g/mol. The molecule has 0 spiro atoms. The van der Waals surface area contributed by atoms with E-state index in [0.717, 1.165) is 27.5 Å². The summed E-state index contributed by atoms with van der Waals surface area (Å²) < 4.78 is 10.9. The number of nitrogens with zero attached hydrogens (tertiary/aromatic N) is 3. The smallest absolute Gasteiger partial charge is 0.329 e. The Morgan fingerprint density at radius 2 is 1.69 bits per heavy atom. The van der Waals surface area contributed by atoms with E-state index in [0.29, 0.717) is 32.6 Å². The summed E-state index contributed by atoms with van der Waals surface area (Å²) in [5.41, 5.74) is 3.78. The molecule has 7 heteroatoms. The number of hydrogen-bond donors (Lipinski definition) is 1. The number of ether oxygens (including phenoxy) is 1. The average Bonchev–Trinajstić information content (AvgIpc) is 3.25. The summed E-state index contributed by atoms with van der Waals surface area (Å²) in [7, 11) is 2.01. The zero-order valence-corrected chi connectivity index (χ0v) is 18.4. The van der Waals surface area contributed by atoms with Crippen LogP contribution in [0.15, 0.2) is 53.5 Å². The highest BCUT2D eigenvalue weighted by Gasteiger charge is 2.41. The van der Waals surface area contributed by atoms with Crippen LogP contribution in [-0.2, 0) is 29.7 Å². The maximum absolute atomic E-state index is 13.7. The van der Waals surface area contributed by atoms with E-state index in [1.165, 1.54) is 5.56 Å². The molecule has 3 heterocycles. The van der Waals surface area contributed by atoms with Crippen molar-refractivity contribution in [1.82, 2.24) is 13.7 Å². The number of aryl methyl sites for hydroxylation is 2. The molecule has 7 nitrogen and oxygen atoms in total. The first-order valence-electron chi connectivity index (χ1n) is 10.9. The van der Waals surface area contributed by atoms with Crippen molar-refractivity contribution >= 4 is 27.9 Å². The Morgan fingerprint density at radius 3 is 2.38 bits per heavy atom. The minimum atomic E-state index is -0.993. The lowest BCUT2D eigenvalue weighted by molar-refractivity contribution is -0.156. The SMILES string of the molecule is Cc1cccc2c1c(Cn1c(=O)n(CC3(C(=O)O)CCOCC3)c3ccccc31)cn2C. The Bertz CT molecular complexity index is 1390. The first-order chi connectivity index (χ1) is 15.4. The summed E-state index contributed by atoms with van der Waals surface area (Å²) in [6.45, 7) is 3.45. The second-order valence-electron chi connectivity index (χ2n) is 8.88. The van der Waals surface area contributed by atoms with Crippen LogP contribution in [0.25, 0.3) is 21.9 Å². The van der Waals surface area contributed by atoms with Gasteiger partial charge in [0.05, 0.1) is 23.0 Å². The number of hydrogen-bond acceptors (Lipinski definition) is 3. The Hall–Kier alpha value is -3.32. The molecule has 1 N–H and O–H groups in total. The molecule has 1 fully saturated rings. The molecule has 0 unspecified atom stereocenters. The molecule has 166 valence electrons. The number of benzene rings is 2. The normalized spacial score (nSPS) is 16.1. The molecule has 1 aliphatic rings. The molecule has 0 radical (unpaired) electrons. The molecule has 0 bridgehead atoms. The van der Waals surface area contributed by atoms with Crippen LogP contribution in [0.3, 0.4) is 0 Å². The quantitative estimate of drug-likeness (QED) is 0.522. The van der Waals surface area contributed by atoms with Crippen LogP contribution in [0.1, 0.15) is 24.0 Å². The summed E-state index contributed by atoms with van der Waals surface area (Å²) in [4.78, 5) is 25.9. The molecule has 0 aliphatic carbocycles. The minimum absolute atomic E-state index is 0.145. The first-order valence-corrected chi connectivity index (χ1v) is 10.9. The fourth-order valence-corrected chi connectivity index (χ4v) is 5.10. The molecule has 0 atom stereocenters. The summed E-state index contributed by atoms with van der Waals surface area (Å²) in [6, 6.07) is 13.8. The fourth-order valence-electron chi connectivity index (χ4n) is 5.10. The van der Waals surface area contributed by atoms with Gasteiger partial charge in [-0.3, -0.25) is 13.9 Å². The molecule has 4 aromatic rings. The third-order valence-corrected chi connectivity index (χ3v) is 6.92. The standard InChI is InChI=1S/C25H27N3O4/c1-17-6-5-9-21-22(17)18(14-26(21)2)15-27-19-7-3-4-8-20(19)28(24(27)31)16-25(23(29)30)10-12-32-13-11-25/h3-9,14H,10-13,15-16H2,1-2H3,(H,29,30). The van der Waals surface area contributed by atoms with Crippen molar-refractivity contribution in [1.29, 1.82) is 0 Å². The molecular formula is C25H27N3O4. The molecule has 1 aliphatic heterocycles. The van der Waals surface area contributed by atoms with Gasteiger partial charge in [-0.05, 0) is 49.1 Å². The van der Waals surface area contributed by atoms with E-state index in [4.69, 9.17) is 4.74 Å². The van der Waals surface area contributed by atoms with E-state index in [1.54, 1.807) is 9.13 Å². The Kier molecular flexibility index (Phi) is 4.93. The maximum Gasteiger partial charge on any atom is 0.329 e. The molecule has 2 aromatic heterocycles. The van der Waals surface area contributed by atoms with Crippen molar-refractivity contribution in [3.8, 4) is 0 Å². The van der Waals surface area contributed by atoms with Gasteiger partial charge in [-0.15, -0.1) is 0 Å². The zero-order valence-electron chi connectivity index (χ0n) is 18.4. The predicted molar refractivity (Wildman–Crippen MR) is 123 cm³/mol. The van der Waals surface area contributed by atoms with Crippen LogP contribution < -0.4 is 5.69 Å². The third kappa shape index (κ3) is 3.15. The number of carboxylic acid groups (broad SMARTS) is 1. The zero-order chi connectivity index (χ0) is 22.5. The number of fused-ring (bicyclic) bond motifs is 2. The number of carboxylic acids is 1. The van der Waals surface area contributed by atoms with Crippen molar-refractivity contribution in [2.45, 2.75) is 32.9 Å². The van der Waals surface area contributed by atoms with Gasteiger partial charge in [0, 0.05) is 43.9 Å². The molecule has 0 saturated carbocycles. The third-order valence-electron chi connectivity index (χ3n) is 6.92. The van der Waals surface area contributed by atoms with Gasteiger partial charge < -0.3 is 14.4 Å². The van der Waals surface area contributed by atoms with Gasteiger partial charge in [-0.25, -0.2) is 4.79 Å². The predicted octanol–water partition coefficient (Wildman–Crippen LogP) is 3.53. The highest BCUT2D eigenvalue weighted by Crippen LogP contribution is 2.34. The number of para-hydroxylation sites is 2. The number of aliphatic carboxylic acids is 1. The molecule has 2 aromatic carbocycles. The van der Waals surface area contributed by atoms with Gasteiger partial charge in [-0.2, -0.15) is 0 Å². The van der Waals surface area contributed by atoms with Gasteiger partial charge >= 0.3 is 11.7 Å². The van der Waals surface area contributed by atoms with Crippen LogP contribution in [0.4, 0.5) is 0 Å². The Balaban J connectivity index is 1.64. The van der Waals surface area contributed by atoms with Crippen molar-refractivity contribution in [2.24, 2.45) is 12.5 Å². The van der Waals surface area contributed by atoms with Crippen molar-refractivity contribution in [2.75, 3.05) is 13.2 Å². The van der Waals surface area contributed by atoms with Crippen molar-refractivity contribution in [3.63, 3.8) is 0 Å². The number of imidazole rings is 1. The van der Waals surface area contributed by atoms with Crippen molar-refractivity contribution < 1.29 is 14.6 Å². The fraction of sp³-hybridized carbons (Fsp3) is 0.360. The summed E-state index contributed by atoms with van der Waals surface area (Å²) >= 11 is 0. The van der Waals surface area contributed by atoms with E-state index < -0.39 is 11.4 Å². The number of rotatable bonds is 5. The van der Waals surface area contributed by atoms with E-state index in [9.17, 15) is 14.7 Å². The van der Waals surface area contributed by atoms with Crippen LogP contribution >= 0.6 is 0 Å². The van der Waals surface area contributed by atoms with Crippen LogP contribution in [0.5, 0.6) is 0 Å². The second kappa shape index (κ2) is 7.67.